The molecular weight excluding hydrogens is 452 g/mol. The number of hydrogen-bond acceptors (Lipinski definition) is 3. The Hall–Kier alpha value is -0.550. The standard InChI is InChI=1S/C15H25F3N4S.HI/c1-4-19-14(20-8-10-21(2)12-15(16,17)18)22(3)9-7-13-6-5-11-23-13;/h5-6,11H,4,7-10,12H2,1-3H3,(H,19,20);1H. The fraction of sp³-hybridized carbons (Fsp3) is 0.667. The van der Waals surface area contributed by atoms with E-state index in [2.05, 4.69) is 16.4 Å². The molecule has 1 rings (SSSR count). The van der Waals surface area contributed by atoms with Gasteiger partial charge in [-0.25, -0.2) is 0 Å². The molecule has 0 atom stereocenters. The molecule has 4 nitrogen and oxygen atoms in total. The van der Waals surface area contributed by atoms with E-state index in [0.717, 1.165) is 25.5 Å². The van der Waals surface area contributed by atoms with Crippen molar-refractivity contribution in [2.24, 2.45) is 4.99 Å². The van der Waals surface area contributed by atoms with E-state index in [1.807, 2.05) is 30.3 Å². The maximum atomic E-state index is 12.3. The molecule has 1 N–H and O–H groups in total. The molecule has 24 heavy (non-hydrogen) atoms. The fourth-order valence-electron chi connectivity index (χ4n) is 2.02. The summed E-state index contributed by atoms with van der Waals surface area (Å²) in [4.78, 5) is 8.95. The van der Waals surface area contributed by atoms with Gasteiger partial charge in [-0.15, -0.1) is 35.3 Å². The number of nitrogens with one attached hydrogen (secondary N) is 1. The first-order chi connectivity index (χ1) is 10.8. The van der Waals surface area contributed by atoms with Gasteiger partial charge in [0.15, 0.2) is 5.96 Å². The molecule has 0 radical (unpaired) electrons. The molecule has 0 aliphatic heterocycles. The first-order valence-corrected chi connectivity index (χ1v) is 8.47. The van der Waals surface area contributed by atoms with Crippen molar-refractivity contribution in [1.29, 1.82) is 0 Å². The Bertz CT molecular complexity index is 466. The number of nitrogens with zero attached hydrogens (tertiary/aromatic N) is 3. The van der Waals surface area contributed by atoms with Crippen molar-refractivity contribution >= 4 is 41.3 Å². The van der Waals surface area contributed by atoms with Crippen molar-refractivity contribution in [3.05, 3.63) is 22.4 Å². The van der Waals surface area contributed by atoms with Crippen LogP contribution in [0.2, 0.25) is 0 Å². The Morgan fingerprint density at radius 3 is 2.54 bits per heavy atom. The predicted molar refractivity (Wildman–Crippen MR) is 106 cm³/mol. The van der Waals surface area contributed by atoms with E-state index in [0.29, 0.717) is 6.54 Å². The van der Waals surface area contributed by atoms with Crippen LogP contribution in [0.5, 0.6) is 0 Å². The minimum atomic E-state index is -4.17. The molecule has 1 aromatic heterocycles. The van der Waals surface area contributed by atoms with Crippen molar-refractivity contribution in [3.8, 4) is 0 Å². The van der Waals surface area contributed by atoms with E-state index in [4.69, 9.17) is 0 Å². The van der Waals surface area contributed by atoms with Crippen LogP contribution < -0.4 is 5.32 Å². The van der Waals surface area contributed by atoms with Gasteiger partial charge in [0.2, 0.25) is 0 Å². The molecule has 1 aromatic rings. The summed E-state index contributed by atoms with van der Waals surface area (Å²) in [5.74, 6) is 0.726. The molecule has 0 aliphatic carbocycles. The molecule has 140 valence electrons. The van der Waals surface area contributed by atoms with Gasteiger partial charge in [0, 0.05) is 31.6 Å². The Kier molecular flexibility index (Phi) is 11.6. The van der Waals surface area contributed by atoms with Crippen LogP contribution in [0.1, 0.15) is 11.8 Å². The van der Waals surface area contributed by atoms with Gasteiger partial charge in [0.25, 0.3) is 0 Å². The second-order valence-electron chi connectivity index (χ2n) is 5.34. The summed E-state index contributed by atoms with van der Waals surface area (Å²) >= 11 is 1.72. The molecule has 0 aliphatic rings. The minimum Gasteiger partial charge on any atom is -0.357 e. The lowest BCUT2D eigenvalue weighted by atomic mass is 10.3. The van der Waals surface area contributed by atoms with Gasteiger partial charge in [-0.1, -0.05) is 6.07 Å². The monoisotopic (exact) mass is 478 g/mol. The number of alkyl halides is 3. The lowest BCUT2D eigenvalue weighted by Gasteiger charge is -2.22. The molecule has 9 heteroatoms. The molecular formula is C15H26F3IN4S. The number of aliphatic imine (C=N–C) groups is 1. The predicted octanol–water partition coefficient (Wildman–Crippen LogP) is 3.30. The Labute approximate surface area is 163 Å². The van der Waals surface area contributed by atoms with Crippen LogP contribution in [0.15, 0.2) is 22.5 Å². The second-order valence-corrected chi connectivity index (χ2v) is 6.37. The van der Waals surface area contributed by atoms with Crippen molar-refractivity contribution < 1.29 is 13.2 Å². The van der Waals surface area contributed by atoms with Crippen molar-refractivity contribution in [1.82, 2.24) is 15.1 Å². The smallest absolute Gasteiger partial charge is 0.357 e. The third-order valence-corrected chi connectivity index (χ3v) is 4.10. The van der Waals surface area contributed by atoms with Crippen LogP contribution in [0.25, 0.3) is 0 Å². The van der Waals surface area contributed by atoms with E-state index in [-0.39, 0.29) is 30.5 Å². The summed E-state index contributed by atoms with van der Waals surface area (Å²) in [7, 11) is 3.39. The summed E-state index contributed by atoms with van der Waals surface area (Å²) in [5, 5.41) is 5.22. The maximum absolute atomic E-state index is 12.3. The summed E-state index contributed by atoms with van der Waals surface area (Å²) < 4.78 is 36.8. The van der Waals surface area contributed by atoms with Crippen LogP contribution in [-0.2, 0) is 6.42 Å². The zero-order valence-corrected chi connectivity index (χ0v) is 17.4. The highest BCUT2D eigenvalue weighted by Crippen LogP contribution is 2.15. The van der Waals surface area contributed by atoms with Gasteiger partial charge in [0.05, 0.1) is 13.1 Å². The van der Waals surface area contributed by atoms with Crippen LogP contribution in [0, 0.1) is 0 Å². The number of rotatable bonds is 8. The third-order valence-electron chi connectivity index (χ3n) is 3.16. The Morgan fingerprint density at radius 2 is 2.00 bits per heavy atom. The van der Waals surface area contributed by atoms with Gasteiger partial charge in [0.1, 0.15) is 0 Å². The first-order valence-electron chi connectivity index (χ1n) is 7.59. The van der Waals surface area contributed by atoms with Gasteiger partial charge >= 0.3 is 6.18 Å². The van der Waals surface area contributed by atoms with E-state index in [9.17, 15) is 13.2 Å². The molecule has 0 fully saturated rings. The lowest BCUT2D eigenvalue weighted by Crippen LogP contribution is -2.40. The normalized spacial score (nSPS) is 12.2. The topological polar surface area (TPSA) is 30.9 Å². The summed E-state index contributed by atoms with van der Waals surface area (Å²) in [6, 6.07) is 4.12. The van der Waals surface area contributed by atoms with Crippen LogP contribution in [0.4, 0.5) is 13.2 Å². The van der Waals surface area contributed by atoms with E-state index >= 15 is 0 Å². The van der Waals surface area contributed by atoms with E-state index in [1.54, 1.807) is 11.3 Å². The second kappa shape index (κ2) is 11.9. The fourth-order valence-corrected chi connectivity index (χ4v) is 2.72. The molecule has 0 unspecified atom stereocenters. The number of hydrogen-bond donors (Lipinski definition) is 1. The average molecular weight is 478 g/mol. The SMILES string of the molecule is CCNC(=NCCN(C)CC(F)(F)F)N(C)CCc1cccs1.I. The minimum absolute atomic E-state index is 0. The van der Waals surface area contributed by atoms with Gasteiger partial charge in [-0.3, -0.25) is 9.89 Å². The highest BCUT2D eigenvalue weighted by molar-refractivity contribution is 14.0. The van der Waals surface area contributed by atoms with Crippen LogP contribution in [-0.4, -0.2) is 68.8 Å². The molecule has 0 amide bonds. The lowest BCUT2D eigenvalue weighted by molar-refractivity contribution is -0.142. The number of likely N-dealkylation sites (N-methyl/N-ethyl adjacent to an activating group) is 2. The molecule has 0 bridgehead atoms. The van der Waals surface area contributed by atoms with Crippen molar-refractivity contribution in [3.63, 3.8) is 0 Å². The number of guanidine groups is 1. The average Bonchev–Trinajstić information content (AvgIpc) is 2.95. The molecule has 1 heterocycles. The zero-order chi connectivity index (χ0) is 17.3. The molecule has 0 spiro atoms. The number of thiophene rings is 1. The van der Waals surface area contributed by atoms with E-state index in [1.165, 1.54) is 16.8 Å². The maximum Gasteiger partial charge on any atom is 0.401 e. The third kappa shape index (κ3) is 10.3. The summed E-state index contributed by atoms with van der Waals surface area (Å²) in [6.45, 7) is 3.20. The zero-order valence-electron chi connectivity index (χ0n) is 14.3. The first kappa shape index (κ1) is 23.4. The highest BCUT2D eigenvalue weighted by Gasteiger charge is 2.28. The summed E-state index contributed by atoms with van der Waals surface area (Å²) in [5.41, 5.74) is 0. The van der Waals surface area contributed by atoms with Crippen LogP contribution >= 0.6 is 35.3 Å². The quantitative estimate of drug-likeness (QED) is 0.354. The molecule has 0 saturated heterocycles. The highest BCUT2D eigenvalue weighted by atomic mass is 127. The van der Waals surface area contributed by atoms with Crippen molar-refractivity contribution in [2.75, 3.05) is 46.8 Å². The number of halogens is 4. The largest absolute Gasteiger partial charge is 0.401 e. The Balaban J connectivity index is 0.00000529. The van der Waals surface area contributed by atoms with Crippen LogP contribution in [0.3, 0.4) is 0 Å². The Morgan fingerprint density at radius 1 is 1.29 bits per heavy atom. The van der Waals surface area contributed by atoms with Gasteiger partial charge in [-0.2, -0.15) is 13.2 Å². The molecule has 0 saturated carbocycles. The van der Waals surface area contributed by atoms with Gasteiger partial charge < -0.3 is 10.2 Å². The molecule has 0 aromatic carbocycles. The van der Waals surface area contributed by atoms with Gasteiger partial charge in [-0.05, 0) is 31.8 Å². The summed E-state index contributed by atoms with van der Waals surface area (Å²) in [6.07, 6.45) is -3.24. The van der Waals surface area contributed by atoms with Crippen molar-refractivity contribution in [2.45, 2.75) is 19.5 Å². The van der Waals surface area contributed by atoms with E-state index < -0.39 is 12.7 Å².